The molecule has 2 aromatic rings. The van der Waals surface area contributed by atoms with Crippen LogP contribution in [0.1, 0.15) is 11.3 Å². The lowest BCUT2D eigenvalue weighted by atomic mass is 9.97. The van der Waals surface area contributed by atoms with E-state index in [2.05, 4.69) is 15.0 Å². The van der Waals surface area contributed by atoms with Gasteiger partial charge in [0.15, 0.2) is 23.1 Å². The summed E-state index contributed by atoms with van der Waals surface area (Å²) in [6.07, 6.45) is 6.38. The monoisotopic (exact) mass is 311 g/mol. The lowest BCUT2D eigenvalue weighted by Gasteiger charge is -2.15. The summed E-state index contributed by atoms with van der Waals surface area (Å²) in [5, 5.41) is 10.00. The largest absolute Gasteiger partial charge is 0.502 e. The number of pyridine rings is 1. The summed E-state index contributed by atoms with van der Waals surface area (Å²) < 4.78 is 19.3. The van der Waals surface area contributed by atoms with Gasteiger partial charge in [0, 0.05) is 29.9 Å². The van der Waals surface area contributed by atoms with Gasteiger partial charge in [0.05, 0.1) is 7.11 Å². The molecule has 1 aromatic carbocycles. The van der Waals surface area contributed by atoms with Crippen LogP contribution in [0.5, 0.6) is 11.5 Å². The van der Waals surface area contributed by atoms with Gasteiger partial charge in [-0.2, -0.15) is 0 Å². The molecule has 0 aliphatic carbocycles. The van der Waals surface area contributed by atoms with Gasteiger partial charge in [0.25, 0.3) is 0 Å². The third kappa shape index (κ3) is 2.83. The molecule has 0 bridgehead atoms. The van der Waals surface area contributed by atoms with Crippen LogP contribution in [0.2, 0.25) is 0 Å². The van der Waals surface area contributed by atoms with Gasteiger partial charge in [-0.1, -0.05) is 0 Å². The van der Waals surface area contributed by atoms with Crippen molar-refractivity contribution in [2.45, 2.75) is 6.92 Å². The van der Waals surface area contributed by atoms with E-state index in [1.165, 1.54) is 13.2 Å². The Bertz CT molecular complexity index is 843. The fourth-order valence-electron chi connectivity index (χ4n) is 2.41. The highest BCUT2D eigenvalue weighted by Gasteiger charge is 2.20. The molecule has 0 spiro atoms. The smallest absolute Gasteiger partial charge is 0.194 e. The van der Waals surface area contributed by atoms with Crippen LogP contribution in [0.4, 0.5) is 4.39 Å². The number of methoxy groups -OCH3 is 1. The molecule has 0 amide bonds. The first-order chi connectivity index (χ1) is 11.1. The van der Waals surface area contributed by atoms with Crippen LogP contribution in [-0.4, -0.2) is 29.6 Å². The van der Waals surface area contributed by atoms with Crippen molar-refractivity contribution in [2.24, 2.45) is 9.98 Å². The number of hydrogen-bond acceptors (Lipinski definition) is 5. The number of aromatic hydroxyl groups is 1. The second-order valence-corrected chi connectivity index (χ2v) is 4.95. The molecule has 23 heavy (non-hydrogen) atoms. The van der Waals surface area contributed by atoms with Crippen LogP contribution >= 0.6 is 0 Å². The van der Waals surface area contributed by atoms with Crippen molar-refractivity contribution in [2.75, 3.05) is 7.11 Å². The van der Waals surface area contributed by atoms with Gasteiger partial charge >= 0.3 is 0 Å². The van der Waals surface area contributed by atoms with Crippen molar-refractivity contribution in [3.8, 4) is 22.6 Å². The number of benzene rings is 1. The van der Waals surface area contributed by atoms with Gasteiger partial charge in [0.1, 0.15) is 0 Å². The zero-order chi connectivity index (χ0) is 16.4. The van der Waals surface area contributed by atoms with Gasteiger partial charge in [-0.05, 0) is 42.3 Å². The maximum Gasteiger partial charge on any atom is 0.194 e. The Morgan fingerprint density at radius 1 is 1.22 bits per heavy atom. The molecule has 3 rings (SSSR count). The molecular formula is C17H14FN3O2. The zero-order valence-electron chi connectivity index (χ0n) is 12.6. The van der Waals surface area contributed by atoms with Gasteiger partial charge in [0.2, 0.25) is 0 Å². The number of ether oxygens (including phenoxy) is 1. The first-order valence-corrected chi connectivity index (χ1v) is 6.91. The Kier molecular flexibility index (Phi) is 3.89. The first-order valence-electron chi connectivity index (χ1n) is 6.91. The minimum Gasteiger partial charge on any atom is -0.502 e. The topological polar surface area (TPSA) is 67.1 Å². The third-order valence-electron chi connectivity index (χ3n) is 3.39. The Morgan fingerprint density at radius 3 is 2.61 bits per heavy atom. The molecule has 0 unspecified atom stereocenters. The number of nitrogens with zero attached hydrogens (tertiary/aromatic N) is 3. The van der Waals surface area contributed by atoms with Gasteiger partial charge < -0.3 is 9.84 Å². The normalized spacial score (nSPS) is 12.7. The SMILES string of the molecule is COc1c(O)c(F)cc(C=C2N=CC=N2)c1-c1ccnc(C)c1. The number of aryl methyl sites for hydroxylation is 1. The zero-order valence-corrected chi connectivity index (χ0v) is 12.6. The van der Waals surface area contributed by atoms with Crippen molar-refractivity contribution >= 4 is 18.5 Å². The number of aromatic nitrogens is 1. The second-order valence-electron chi connectivity index (χ2n) is 4.95. The highest BCUT2D eigenvalue weighted by atomic mass is 19.1. The predicted octanol–water partition coefficient (Wildman–Crippen LogP) is 3.36. The maximum absolute atomic E-state index is 14.0. The van der Waals surface area contributed by atoms with E-state index in [9.17, 15) is 9.50 Å². The van der Waals surface area contributed by atoms with Crippen LogP contribution in [0.15, 0.2) is 40.2 Å². The molecule has 1 aliphatic rings. The minimum atomic E-state index is -0.769. The molecular weight excluding hydrogens is 297 g/mol. The van der Waals surface area contributed by atoms with Crippen molar-refractivity contribution in [1.82, 2.24) is 4.98 Å². The molecule has 5 nitrogen and oxygen atoms in total. The Labute approximate surface area is 132 Å². The third-order valence-corrected chi connectivity index (χ3v) is 3.39. The van der Waals surface area contributed by atoms with E-state index in [0.717, 1.165) is 11.3 Å². The number of halogens is 1. The highest BCUT2D eigenvalue weighted by molar-refractivity contribution is 6.18. The molecule has 1 aliphatic heterocycles. The maximum atomic E-state index is 14.0. The molecule has 0 atom stereocenters. The molecule has 0 fully saturated rings. The standard InChI is InChI=1S/C17H14FN3O2/c1-10-7-11(3-4-19-10)15-12(9-14-20-5-6-21-14)8-13(18)16(22)17(15)23-2/h3-9,22H,1-2H3. The van der Waals surface area contributed by atoms with E-state index in [-0.39, 0.29) is 5.75 Å². The molecule has 6 heteroatoms. The Hall–Kier alpha value is -3.02. The first kappa shape index (κ1) is 14.9. The van der Waals surface area contributed by atoms with E-state index >= 15 is 0 Å². The van der Waals surface area contributed by atoms with E-state index in [4.69, 9.17) is 4.74 Å². The van der Waals surface area contributed by atoms with E-state index < -0.39 is 11.6 Å². The molecule has 0 radical (unpaired) electrons. The molecule has 1 N–H and O–H groups in total. The van der Waals surface area contributed by atoms with Gasteiger partial charge in [-0.25, -0.2) is 14.4 Å². The van der Waals surface area contributed by atoms with Crippen LogP contribution < -0.4 is 4.74 Å². The Balaban J connectivity index is 2.30. The quantitative estimate of drug-likeness (QED) is 0.945. The fourth-order valence-corrected chi connectivity index (χ4v) is 2.41. The summed E-state index contributed by atoms with van der Waals surface area (Å²) in [5.41, 5.74) is 2.61. The van der Waals surface area contributed by atoms with E-state index in [1.807, 2.05) is 13.0 Å². The lowest BCUT2D eigenvalue weighted by molar-refractivity contribution is 0.358. The summed E-state index contributed by atoms with van der Waals surface area (Å²) >= 11 is 0. The second kappa shape index (κ2) is 6.00. The summed E-state index contributed by atoms with van der Waals surface area (Å²) in [5.74, 6) is -0.788. The average molecular weight is 311 g/mol. The van der Waals surface area contributed by atoms with Crippen molar-refractivity contribution in [3.05, 3.63) is 47.3 Å². The summed E-state index contributed by atoms with van der Waals surface area (Å²) in [6.45, 7) is 1.85. The number of phenolic OH excluding ortho intramolecular Hbond substituents is 1. The molecule has 116 valence electrons. The summed E-state index contributed by atoms with van der Waals surface area (Å²) in [4.78, 5) is 12.3. The highest BCUT2D eigenvalue weighted by Crippen LogP contribution is 2.42. The molecule has 2 heterocycles. The molecule has 0 saturated heterocycles. The molecule has 1 aromatic heterocycles. The van der Waals surface area contributed by atoms with Crippen LogP contribution in [0.3, 0.4) is 0 Å². The predicted molar refractivity (Wildman–Crippen MR) is 87.5 cm³/mol. The van der Waals surface area contributed by atoms with Gasteiger partial charge in [-0.15, -0.1) is 0 Å². The minimum absolute atomic E-state index is 0.0633. The number of phenols is 1. The van der Waals surface area contributed by atoms with Crippen LogP contribution in [0, 0.1) is 12.7 Å². The number of rotatable bonds is 3. The number of hydrogen-bond donors (Lipinski definition) is 1. The van der Waals surface area contributed by atoms with Crippen LogP contribution in [0.25, 0.3) is 17.2 Å². The van der Waals surface area contributed by atoms with Crippen LogP contribution in [-0.2, 0) is 0 Å². The van der Waals surface area contributed by atoms with E-state index in [1.54, 1.807) is 30.8 Å². The Morgan fingerprint density at radius 2 is 1.96 bits per heavy atom. The van der Waals surface area contributed by atoms with Crippen molar-refractivity contribution < 1.29 is 14.2 Å². The molecule has 0 saturated carbocycles. The van der Waals surface area contributed by atoms with Crippen molar-refractivity contribution in [1.29, 1.82) is 0 Å². The van der Waals surface area contributed by atoms with E-state index in [0.29, 0.717) is 16.9 Å². The lowest BCUT2D eigenvalue weighted by Crippen LogP contribution is -1.96. The summed E-state index contributed by atoms with van der Waals surface area (Å²) in [6, 6.07) is 4.84. The number of aliphatic imine (C=N–C) groups is 2. The fraction of sp³-hybridized carbons (Fsp3) is 0.118. The average Bonchev–Trinajstić information content (AvgIpc) is 3.03. The van der Waals surface area contributed by atoms with Crippen molar-refractivity contribution in [3.63, 3.8) is 0 Å². The van der Waals surface area contributed by atoms with Gasteiger partial charge in [-0.3, -0.25) is 4.98 Å². The summed E-state index contributed by atoms with van der Waals surface area (Å²) in [7, 11) is 1.38.